The molecule has 1 N–H and O–H groups in total. The lowest BCUT2D eigenvalue weighted by atomic mass is 9.66. The second-order valence-corrected chi connectivity index (χ2v) is 7.22. The summed E-state index contributed by atoms with van der Waals surface area (Å²) in [5, 5.41) is 9.81. The summed E-state index contributed by atoms with van der Waals surface area (Å²) in [7, 11) is 0. The standard InChI is InChI=1S/C19H26O2/c1-13-5-8-16(20)12-15(13)7-6-14-4-3-11-19(2)17(14)9-10-18(19)21/h6-7,16-17,20H,1,3-5,8-12H2,2H3/t16?,17?,19-/m0/s1. The van der Waals surface area contributed by atoms with Crippen LogP contribution >= 0.6 is 0 Å². The van der Waals surface area contributed by atoms with Crippen molar-refractivity contribution in [1.82, 2.24) is 0 Å². The number of fused-ring (bicyclic) bond motifs is 1. The summed E-state index contributed by atoms with van der Waals surface area (Å²) < 4.78 is 0. The molecule has 0 aromatic rings. The van der Waals surface area contributed by atoms with Crippen molar-refractivity contribution in [2.24, 2.45) is 11.3 Å². The Balaban J connectivity index is 1.82. The van der Waals surface area contributed by atoms with Gasteiger partial charge in [0, 0.05) is 11.8 Å². The molecule has 0 saturated heterocycles. The Labute approximate surface area is 127 Å². The van der Waals surface area contributed by atoms with Crippen molar-refractivity contribution in [3.8, 4) is 0 Å². The second-order valence-electron chi connectivity index (χ2n) is 7.22. The summed E-state index contributed by atoms with van der Waals surface area (Å²) in [5.74, 6) is 0.903. The van der Waals surface area contributed by atoms with Crippen LogP contribution in [0.2, 0.25) is 0 Å². The number of Topliss-reactive ketones (excluding diaryl/α,β-unsaturated/α-hetero) is 1. The Morgan fingerprint density at radius 3 is 2.86 bits per heavy atom. The first-order valence-corrected chi connectivity index (χ1v) is 8.30. The summed E-state index contributed by atoms with van der Waals surface area (Å²) in [6, 6.07) is 0. The van der Waals surface area contributed by atoms with E-state index in [-0.39, 0.29) is 11.5 Å². The van der Waals surface area contributed by atoms with Crippen molar-refractivity contribution in [1.29, 1.82) is 0 Å². The van der Waals surface area contributed by atoms with E-state index in [1.807, 2.05) is 0 Å². The molecule has 2 unspecified atom stereocenters. The van der Waals surface area contributed by atoms with Crippen LogP contribution in [0.3, 0.4) is 0 Å². The normalized spacial score (nSPS) is 40.9. The van der Waals surface area contributed by atoms with E-state index in [1.54, 1.807) is 0 Å². The molecule has 3 fully saturated rings. The minimum absolute atomic E-state index is 0.105. The predicted molar refractivity (Wildman–Crippen MR) is 84.9 cm³/mol. The van der Waals surface area contributed by atoms with Gasteiger partial charge in [0.05, 0.1) is 6.10 Å². The molecule has 0 spiro atoms. The predicted octanol–water partition coefficient (Wildman–Crippen LogP) is 4.11. The summed E-state index contributed by atoms with van der Waals surface area (Å²) in [6.45, 7) is 6.29. The quantitative estimate of drug-likeness (QED) is 0.787. The van der Waals surface area contributed by atoms with E-state index in [2.05, 4.69) is 25.7 Å². The van der Waals surface area contributed by atoms with Crippen molar-refractivity contribution in [2.45, 2.75) is 64.4 Å². The van der Waals surface area contributed by atoms with Crippen molar-refractivity contribution < 1.29 is 9.90 Å². The van der Waals surface area contributed by atoms with Crippen LogP contribution in [0, 0.1) is 11.3 Å². The topological polar surface area (TPSA) is 37.3 Å². The van der Waals surface area contributed by atoms with Gasteiger partial charge < -0.3 is 5.11 Å². The molecule has 0 bridgehead atoms. The molecule has 0 aromatic carbocycles. The van der Waals surface area contributed by atoms with E-state index in [0.29, 0.717) is 11.7 Å². The molecule has 0 radical (unpaired) electrons. The highest BCUT2D eigenvalue weighted by atomic mass is 16.3. The van der Waals surface area contributed by atoms with Gasteiger partial charge in [-0.05, 0) is 56.4 Å². The molecule has 0 aromatic heterocycles. The Morgan fingerprint density at radius 2 is 2.05 bits per heavy atom. The van der Waals surface area contributed by atoms with E-state index in [0.717, 1.165) is 51.4 Å². The van der Waals surface area contributed by atoms with Gasteiger partial charge in [-0.1, -0.05) is 36.8 Å². The highest BCUT2D eigenvalue weighted by Gasteiger charge is 2.48. The largest absolute Gasteiger partial charge is 0.393 e. The van der Waals surface area contributed by atoms with Crippen LogP contribution in [0.25, 0.3) is 0 Å². The maximum absolute atomic E-state index is 12.2. The molecular formula is C19H26O2. The first-order valence-electron chi connectivity index (χ1n) is 8.30. The fourth-order valence-electron chi connectivity index (χ4n) is 4.41. The Hall–Kier alpha value is -1.15. The average molecular weight is 286 g/mol. The number of ketones is 1. The lowest BCUT2D eigenvalue weighted by Gasteiger charge is -2.36. The number of rotatable bonds is 1. The molecule has 0 amide bonds. The zero-order valence-corrected chi connectivity index (χ0v) is 13.0. The Bertz CT molecular complexity index is 526. The molecule has 3 aliphatic rings. The fourth-order valence-corrected chi connectivity index (χ4v) is 4.41. The Kier molecular flexibility index (Phi) is 3.92. The maximum atomic E-state index is 12.2. The molecule has 21 heavy (non-hydrogen) atoms. The van der Waals surface area contributed by atoms with Gasteiger partial charge in [-0.2, -0.15) is 0 Å². The molecule has 2 nitrogen and oxygen atoms in total. The van der Waals surface area contributed by atoms with Gasteiger partial charge in [0.2, 0.25) is 0 Å². The SMILES string of the molecule is C=C1CCC(O)CC1=CC=C1CCC[C@]2(C)C(=O)CCC12. The monoisotopic (exact) mass is 286 g/mol. The van der Waals surface area contributed by atoms with E-state index < -0.39 is 0 Å². The van der Waals surface area contributed by atoms with Crippen LogP contribution in [0.15, 0.2) is 35.5 Å². The highest BCUT2D eigenvalue weighted by Crippen LogP contribution is 2.52. The van der Waals surface area contributed by atoms with Crippen LogP contribution in [-0.2, 0) is 4.79 Å². The van der Waals surface area contributed by atoms with Gasteiger partial charge in [0.15, 0.2) is 0 Å². The molecule has 0 heterocycles. The third kappa shape index (κ3) is 2.66. The maximum Gasteiger partial charge on any atom is 0.139 e. The molecule has 2 heteroatoms. The van der Waals surface area contributed by atoms with E-state index >= 15 is 0 Å². The summed E-state index contributed by atoms with van der Waals surface area (Å²) in [4.78, 5) is 12.2. The third-order valence-electron chi connectivity index (χ3n) is 5.86. The van der Waals surface area contributed by atoms with Crippen molar-refractivity contribution in [3.63, 3.8) is 0 Å². The number of aliphatic hydroxyl groups is 1. The molecule has 3 saturated carbocycles. The highest BCUT2D eigenvalue weighted by molar-refractivity contribution is 5.87. The molecule has 3 aliphatic carbocycles. The van der Waals surface area contributed by atoms with Gasteiger partial charge in [0.25, 0.3) is 0 Å². The molecule has 3 atom stereocenters. The summed E-state index contributed by atoms with van der Waals surface area (Å²) >= 11 is 0. The van der Waals surface area contributed by atoms with Crippen molar-refractivity contribution in [3.05, 3.63) is 35.5 Å². The Morgan fingerprint density at radius 1 is 1.24 bits per heavy atom. The van der Waals surface area contributed by atoms with Crippen molar-refractivity contribution in [2.75, 3.05) is 0 Å². The van der Waals surface area contributed by atoms with Gasteiger partial charge in [0.1, 0.15) is 5.78 Å². The van der Waals surface area contributed by atoms with Gasteiger partial charge >= 0.3 is 0 Å². The lowest BCUT2D eigenvalue weighted by Crippen LogP contribution is -2.33. The number of carbonyl (C=O) groups is 1. The summed E-state index contributed by atoms with van der Waals surface area (Å²) in [5.41, 5.74) is 3.69. The zero-order chi connectivity index (χ0) is 15.0. The van der Waals surface area contributed by atoms with Crippen LogP contribution in [0.4, 0.5) is 0 Å². The van der Waals surface area contributed by atoms with Crippen LogP contribution < -0.4 is 0 Å². The van der Waals surface area contributed by atoms with Gasteiger partial charge in [-0.25, -0.2) is 0 Å². The average Bonchev–Trinajstić information content (AvgIpc) is 2.76. The van der Waals surface area contributed by atoms with Crippen LogP contribution in [-0.4, -0.2) is 17.0 Å². The fraction of sp³-hybridized carbons (Fsp3) is 0.632. The third-order valence-corrected chi connectivity index (χ3v) is 5.86. The number of aliphatic hydroxyl groups excluding tert-OH is 1. The number of hydrogen-bond acceptors (Lipinski definition) is 2. The van der Waals surface area contributed by atoms with Crippen LogP contribution in [0.1, 0.15) is 58.3 Å². The molecule has 0 aliphatic heterocycles. The minimum atomic E-state index is -0.218. The summed E-state index contributed by atoms with van der Waals surface area (Å²) in [6.07, 6.45) is 11.7. The minimum Gasteiger partial charge on any atom is -0.393 e. The number of hydrogen-bond donors (Lipinski definition) is 1. The van der Waals surface area contributed by atoms with E-state index in [9.17, 15) is 9.90 Å². The smallest absolute Gasteiger partial charge is 0.139 e. The van der Waals surface area contributed by atoms with E-state index in [1.165, 1.54) is 16.7 Å². The number of carbonyl (C=O) groups excluding carboxylic acids is 1. The van der Waals surface area contributed by atoms with Crippen molar-refractivity contribution >= 4 is 5.78 Å². The van der Waals surface area contributed by atoms with Crippen LogP contribution in [0.5, 0.6) is 0 Å². The molecule has 114 valence electrons. The zero-order valence-electron chi connectivity index (χ0n) is 13.0. The van der Waals surface area contributed by atoms with E-state index in [4.69, 9.17) is 0 Å². The second kappa shape index (κ2) is 5.57. The van der Waals surface area contributed by atoms with Gasteiger partial charge in [-0.15, -0.1) is 0 Å². The molecular weight excluding hydrogens is 260 g/mol. The number of allylic oxidation sites excluding steroid dienone is 4. The first kappa shape index (κ1) is 14.8. The first-order chi connectivity index (χ1) is 10.0. The lowest BCUT2D eigenvalue weighted by molar-refractivity contribution is -0.126. The van der Waals surface area contributed by atoms with Gasteiger partial charge in [-0.3, -0.25) is 4.79 Å². The molecule has 3 rings (SSSR count).